The molecule has 13 nitrogen and oxygen atoms in total. The van der Waals surface area contributed by atoms with E-state index < -0.39 is 41.2 Å². The normalized spacial score (nSPS) is 30.2. The van der Waals surface area contributed by atoms with E-state index in [1.54, 1.807) is 39.3 Å². The Labute approximate surface area is 234 Å². The van der Waals surface area contributed by atoms with Crippen LogP contribution in [-0.2, 0) is 23.9 Å². The van der Waals surface area contributed by atoms with Crippen LogP contribution < -0.4 is 10.6 Å². The van der Waals surface area contributed by atoms with E-state index in [-0.39, 0.29) is 37.4 Å². The number of esters is 1. The summed E-state index contributed by atoms with van der Waals surface area (Å²) in [7, 11) is 0. The van der Waals surface area contributed by atoms with Gasteiger partial charge in [-0.2, -0.15) is 0 Å². The average Bonchev–Trinajstić information content (AvgIpc) is 3.17. The second-order valence-electron chi connectivity index (χ2n) is 11.8. The molecule has 5 atom stereocenters. The highest BCUT2D eigenvalue weighted by molar-refractivity contribution is 5.96. The molecule has 3 heterocycles. The van der Waals surface area contributed by atoms with Gasteiger partial charge in [0.1, 0.15) is 29.0 Å². The molecular weight excluding hydrogens is 518 g/mol. The predicted molar refractivity (Wildman–Crippen MR) is 143 cm³/mol. The van der Waals surface area contributed by atoms with Crippen molar-refractivity contribution in [2.75, 3.05) is 13.2 Å². The number of nitrogens with one attached hydrogen (secondary N) is 2. The fraction of sp³-hybridized carbons (Fsp3) is 0.741. The van der Waals surface area contributed by atoms with Gasteiger partial charge in [-0.05, 0) is 70.7 Å². The predicted octanol–water partition coefficient (Wildman–Crippen LogP) is 1.98. The van der Waals surface area contributed by atoms with E-state index >= 15 is 0 Å². The lowest BCUT2D eigenvalue weighted by Crippen LogP contribution is -2.56. The molecule has 3 amide bonds. The minimum absolute atomic E-state index is 0.172. The summed E-state index contributed by atoms with van der Waals surface area (Å²) in [5.41, 5.74) is -1.89. The third-order valence-corrected chi connectivity index (χ3v) is 7.59. The number of alkyl carbamates (subject to hydrolysis) is 1. The van der Waals surface area contributed by atoms with Crippen molar-refractivity contribution < 1.29 is 28.7 Å². The Kier molecular flexibility index (Phi) is 8.79. The Balaban J connectivity index is 1.65. The standard InChI is InChI=1S/C27H41N7O6/c1-6-39-24(37)27-15-18(27)12-10-8-7-9-11-13-20(28-25(38)40-26(3,4)5)23(36)33-16-19(14-21(33)22(35)29-27)34-17(2)30-31-32-34/h10,12,18-21H,6-9,11,13-16H2,1-5H3,(H,28,38)(H,29,35)/b12-10-/t18-,19-,20+,21+,27-/m1/s1. The molecule has 2 fully saturated rings. The molecule has 0 bridgehead atoms. The highest BCUT2D eigenvalue weighted by Gasteiger charge is 2.62. The maximum absolute atomic E-state index is 14.0. The van der Waals surface area contributed by atoms with Crippen molar-refractivity contribution in [2.24, 2.45) is 5.92 Å². The number of aromatic nitrogens is 4. The van der Waals surface area contributed by atoms with Crippen LogP contribution in [0.2, 0.25) is 0 Å². The zero-order valence-corrected chi connectivity index (χ0v) is 24.0. The Hall–Kier alpha value is -3.51. The average molecular weight is 560 g/mol. The molecule has 1 aromatic rings. The Morgan fingerprint density at radius 1 is 1.23 bits per heavy atom. The first kappa shape index (κ1) is 29.5. The van der Waals surface area contributed by atoms with Gasteiger partial charge in [0.05, 0.1) is 12.6 Å². The van der Waals surface area contributed by atoms with E-state index in [0.717, 1.165) is 19.3 Å². The molecule has 1 aliphatic carbocycles. The van der Waals surface area contributed by atoms with Crippen molar-refractivity contribution >= 4 is 23.9 Å². The quantitative estimate of drug-likeness (QED) is 0.416. The van der Waals surface area contributed by atoms with Gasteiger partial charge in [-0.1, -0.05) is 25.0 Å². The van der Waals surface area contributed by atoms with Crippen LogP contribution in [0.3, 0.4) is 0 Å². The lowest BCUT2D eigenvalue weighted by Gasteiger charge is -2.30. The summed E-state index contributed by atoms with van der Waals surface area (Å²) in [5.74, 6) is -0.929. The van der Waals surface area contributed by atoms with E-state index in [9.17, 15) is 19.2 Å². The maximum atomic E-state index is 14.0. The first-order chi connectivity index (χ1) is 18.9. The highest BCUT2D eigenvalue weighted by atomic mass is 16.6. The number of tetrazole rings is 1. The number of hydrogen-bond donors (Lipinski definition) is 2. The molecule has 0 spiro atoms. The largest absolute Gasteiger partial charge is 0.464 e. The van der Waals surface area contributed by atoms with Gasteiger partial charge in [0.25, 0.3) is 0 Å². The fourth-order valence-electron chi connectivity index (χ4n) is 5.53. The number of carbonyl (C=O) groups is 4. The SMILES string of the molecule is CCOC(=O)[C@@]12C[C@H]1/C=C\CCCCC[C@H](NC(=O)OC(C)(C)C)C(=O)N1C[C@H](n3nnnc3C)C[C@H]1C(=O)N2. The molecule has 1 aromatic heterocycles. The van der Waals surface area contributed by atoms with Crippen LogP contribution in [-0.4, -0.2) is 85.4 Å². The molecule has 13 heteroatoms. The zero-order chi connectivity index (χ0) is 29.1. The minimum atomic E-state index is -1.16. The minimum Gasteiger partial charge on any atom is -0.464 e. The van der Waals surface area contributed by atoms with Crippen molar-refractivity contribution in [1.82, 2.24) is 35.7 Å². The van der Waals surface area contributed by atoms with E-state index in [1.807, 2.05) is 12.2 Å². The molecule has 4 rings (SSSR count). The van der Waals surface area contributed by atoms with Crippen LogP contribution in [0.5, 0.6) is 0 Å². The van der Waals surface area contributed by atoms with Crippen LogP contribution >= 0.6 is 0 Å². The van der Waals surface area contributed by atoms with Gasteiger partial charge in [-0.25, -0.2) is 14.3 Å². The van der Waals surface area contributed by atoms with Crippen LogP contribution in [0.25, 0.3) is 0 Å². The molecule has 40 heavy (non-hydrogen) atoms. The van der Waals surface area contributed by atoms with Gasteiger partial charge in [-0.3, -0.25) is 9.59 Å². The van der Waals surface area contributed by atoms with E-state index in [4.69, 9.17) is 9.47 Å². The second-order valence-corrected chi connectivity index (χ2v) is 11.8. The topological polar surface area (TPSA) is 158 Å². The Morgan fingerprint density at radius 2 is 2.00 bits per heavy atom. The van der Waals surface area contributed by atoms with Gasteiger partial charge < -0.3 is 25.0 Å². The summed E-state index contributed by atoms with van der Waals surface area (Å²) in [6.45, 7) is 9.10. The molecule has 2 aliphatic heterocycles. The van der Waals surface area contributed by atoms with Gasteiger partial charge in [0, 0.05) is 18.9 Å². The summed E-state index contributed by atoms with van der Waals surface area (Å²) in [5, 5.41) is 17.4. The number of nitrogens with zero attached hydrogens (tertiary/aromatic N) is 5. The van der Waals surface area contributed by atoms with Crippen LogP contribution in [0.1, 0.15) is 84.5 Å². The molecule has 1 saturated heterocycles. The van der Waals surface area contributed by atoms with Crippen LogP contribution in [0.15, 0.2) is 12.2 Å². The number of amides is 3. The number of carbonyl (C=O) groups excluding carboxylic acids is 4. The van der Waals surface area contributed by atoms with Crippen molar-refractivity contribution in [2.45, 2.75) is 109 Å². The van der Waals surface area contributed by atoms with Crippen molar-refractivity contribution in [1.29, 1.82) is 0 Å². The summed E-state index contributed by atoms with van der Waals surface area (Å²) < 4.78 is 12.4. The summed E-state index contributed by atoms with van der Waals surface area (Å²) in [4.78, 5) is 55.0. The van der Waals surface area contributed by atoms with Gasteiger partial charge in [-0.15, -0.1) is 5.10 Å². The third-order valence-electron chi connectivity index (χ3n) is 7.59. The number of allylic oxidation sites excluding steroid dienone is 1. The first-order valence-electron chi connectivity index (χ1n) is 14.2. The van der Waals surface area contributed by atoms with E-state index in [2.05, 4.69) is 26.2 Å². The number of hydrogen-bond acceptors (Lipinski definition) is 9. The molecule has 3 aliphatic rings. The highest BCUT2D eigenvalue weighted by Crippen LogP contribution is 2.46. The van der Waals surface area contributed by atoms with Gasteiger partial charge in [0.2, 0.25) is 11.8 Å². The number of rotatable bonds is 4. The third kappa shape index (κ3) is 6.61. The van der Waals surface area contributed by atoms with E-state index in [1.165, 1.54) is 4.90 Å². The lowest BCUT2D eigenvalue weighted by molar-refractivity contribution is -0.150. The molecule has 1 saturated carbocycles. The van der Waals surface area contributed by atoms with Crippen molar-refractivity contribution in [3.63, 3.8) is 0 Å². The molecule has 220 valence electrons. The number of ether oxygens (including phenoxy) is 2. The molecule has 2 N–H and O–H groups in total. The lowest BCUT2D eigenvalue weighted by atomic mass is 10.0. The number of aryl methyl sites for hydroxylation is 1. The summed E-state index contributed by atoms with van der Waals surface area (Å²) >= 11 is 0. The van der Waals surface area contributed by atoms with Crippen molar-refractivity contribution in [3.8, 4) is 0 Å². The molecular formula is C27H41N7O6. The molecule has 0 radical (unpaired) electrons. The Morgan fingerprint density at radius 3 is 2.67 bits per heavy atom. The van der Waals surface area contributed by atoms with Gasteiger partial charge in [0.15, 0.2) is 0 Å². The summed E-state index contributed by atoms with van der Waals surface area (Å²) in [6, 6.07) is -2.14. The molecule has 0 aromatic carbocycles. The second kappa shape index (κ2) is 11.9. The first-order valence-corrected chi connectivity index (χ1v) is 14.2. The van der Waals surface area contributed by atoms with Crippen LogP contribution in [0.4, 0.5) is 4.79 Å². The summed E-state index contributed by atoms with van der Waals surface area (Å²) in [6.07, 6.45) is 7.67. The molecule has 0 unspecified atom stereocenters. The monoisotopic (exact) mass is 559 g/mol. The zero-order valence-electron chi connectivity index (χ0n) is 24.0. The Bertz CT molecular complexity index is 1140. The van der Waals surface area contributed by atoms with Crippen LogP contribution in [0, 0.1) is 12.8 Å². The van der Waals surface area contributed by atoms with Crippen molar-refractivity contribution in [3.05, 3.63) is 18.0 Å². The maximum Gasteiger partial charge on any atom is 0.408 e. The smallest absolute Gasteiger partial charge is 0.408 e. The fourth-order valence-corrected chi connectivity index (χ4v) is 5.53. The van der Waals surface area contributed by atoms with Gasteiger partial charge >= 0.3 is 12.1 Å². The number of fused-ring (bicyclic) bond motifs is 2. The van der Waals surface area contributed by atoms with E-state index in [0.29, 0.717) is 25.1 Å².